The molecule has 0 aliphatic rings. The summed E-state index contributed by atoms with van der Waals surface area (Å²) in [4.78, 5) is 27.3. The zero-order valence-electron chi connectivity index (χ0n) is 15.6. The van der Waals surface area contributed by atoms with Gasteiger partial charge in [-0.2, -0.15) is 0 Å². The second kappa shape index (κ2) is 8.93. The SMILES string of the molecule is C[C@H](C(=O)NCc1cccnc1N(C)CCc1ccccn1)n1ccnc1. The number of carbonyl (C=O) groups excluding carboxylic acids is 1. The van der Waals surface area contributed by atoms with E-state index in [0.717, 1.165) is 30.0 Å². The highest BCUT2D eigenvalue weighted by Crippen LogP contribution is 2.16. The molecule has 0 saturated carbocycles. The van der Waals surface area contributed by atoms with E-state index in [1.807, 2.05) is 44.3 Å². The fourth-order valence-corrected chi connectivity index (χ4v) is 2.81. The van der Waals surface area contributed by atoms with Crippen LogP contribution >= 0.6 is 0 Å². The molecule has 1 atom stereocenters. The molecule has 0 bridgehead atoms. The van der Waals surface area contributed by atoms with Gasteiger partial charge in [-0.05, 0) is 25.1 Å². The lowest BCUT2D eigenvalue weighted by molar-refractivity contribution is -0.124. The summed E-state index contributed by atoms with van der Waals surface area (Å²) in [5.41, 5.74) is 2.02. The van der Waals surface area contributed by atoms with Crippen molar-refractivity contribution in [3.8, 4) is 0 Å². The molecule has 0 spiro atoms. The fourth-order valence-electron chi connectivity index (χ4n) is 2.81. The highest BCUT2D eigenvalue weighted by molar-refractivity contribution is 5.80. The van der Waals surface area contributed by atoms with Crippen LogP contribution in [0.2, 0.25) is 0 Å². The van der Waals surface area contributed by atoms with Crippen LogP contribution < -0.4 is 10.2 Å². The van der Waals surface area contributed by atoms with E-state index in [4.69, 9.17) is 0 Å². The van der Waals surface area contributed by atoms with Gasteiger partial charge in [-0.1, -0.05) is 12.1 Å². The van der Waals surface area contributed by atoms with Crippen molar-refractivity contribution in [1.29, 1.82) is 0 Å². The lowest BCUT2D eigenvalue weighted by Gasteiger charge is -2.21. The van der Waals surface area contributed by atoms with Crippen molar-refractivity contribution >= 4 is 11.7 Å². The van der Waals surface area contributed by atoms with Crippen LogP contribution in [0.15, 0.2) is 61.4 Å². The van der Waals surface area contributed by atoms with Crippen LogP contribution in [0.25, 0.3) is 0 Å². The van der Waals surface area contributed by atoms with Crippen LogP contribution in [0.4, 0.5) is 5.82 Å². The van der Waals surface area contributed by atoms with E-state index in [1.165, 1.54) is 0 Å². The largest absolute Gasteiger partial charge is 0.359 e. The molecule has 1 N–H and O–H groups in total. The third-order valence-electron chi connectivity index (χ3n) is 4.46. The van der Waals surface area contributed by atoms with Gasteiger partial charge >= 0.3 is 0 Å². The Hall–Kier alpha value is -3.22. The van der Waals surface area contributed by atoms with E-state index in [0.29, 0.717) is 6.54 Å². The monoisotopic (exact) mass is 364 g/mol. The minimum atomic E-state index is -0.311. The summed E-state index contributed by atoms with van der Waals surface area (Å²) in [6.45, 7) is 3.07. The number of aromatic nitrogens is 4. The summed E-state index contributed by atoms with van der Waals surface area (Å²) < 4.78 is 1.78. The van der Waals surface area contributed by atoms with Gasteiger partial charge in [-0.15, -0.1) is 0 Å². The second-order valence-corrected chi connectivity index (χ2v) is 6.38. The highest BCUT2D eigenvalue weighted by Gasteiger charge is 2.15. The molecule has 0 fully saturated rings. The predicted molar refractivity (Wildman–Crippen MR) is 104 cm³/mol. The number of hydrogen-bond acceptors (Lipinski definition) is 5. The first-order valence-electron chi connectivity index (χ1n) is 8.95. The van der Waals surface area contributed by atoms with Crippen molar-refractivity contribution in [3.63, 3.8) is 0 Å². The van der Waals surface area contributed by atoms with Gasteiger partial charge in [0.15, 0.2) is 0 Å². The van der Waals surface area contributed by atoms with Gasteiger partial charge in [0.05, 0.1) is 6.33 Å². The van der Waals surface area contributed by atoms with E-state index in [1.54, 1.807) is 35.7 Å². The number of hydrogen-bond donors (Lipinski definition) is 1. The number of anilines is 1. The van der Waals surface area contributed by atoms with Crippen LogP contribution in [-0.4, -0.2) is 39.0 Å². The van der Waals surface area contributed by atoms with Crippen molar-refractivity contribution in [2.45, 2.75) is 25.9 Å². The number of carbonyl (C=O) groups is 1. The molecule has 3 aromatic heterocycles. The minimum Gasteiger partial charge on any atom is -0.359 e. The van der Waals surface area contributed by atoms with E-state index in [2.05, 4.69) is 25.2 Å². The number of pyridine rings is 2. The zero-order valence-corrected chi connectivity index (χ0v) is 15.6. The molecule has 140 valence electrons. The molecular formula is C20H24N6O. The van der Waals surface area contributed by atoms with Gasteiger partial charge in [-0.25, -0.2) is 9.97 Å². The van der Waals surface area contributed by atoms with Crippen molar-refractivity contribution < 1.29 is 4.79 Å². The molecule has 0 radical (unpaired) electrons. The van der Waals surface area contributed by atoms with E-state index < -0.39 is 0 Å². The Morgan fingerprint density at radius 2 is 2.04 bits per heavy atom. The first kappa shape index (κ1) is 18.6. The van der Waals surface area contributed by atoms with Gasteiger partial charge in [0.1, 0.15) is 11.9 Å². The van der Waals surface area contributed by atoms with Crippen LogP contribution in [0, 0.1) is 0 Å². The van der Waals surface area contributed by atoms with Gasteiger partial charge in [0.2, 0.25) is 5.91 Å². The number of rotatable bonds is 8. The van der Waals surface area contributed by atoms with Gasteiger partial charge in [-0.3, -0.25) is 9.78 Å². The molecule has 7 heteroatoms. The molecule has 0 saturated heterocycles. The highest BCUT2D eigenvalue weighted by atomic mass is 16.2. The lowest BCUT2D eigenvalue weighted by atomic mass is 10.2. The first-order chi connectivity index (χ1) is 13.1. The smallest absolute Gasteiger partial charge is 0.243 e. The average Bonchev–Trinajstić information content (AvgIpc) is 3.25. The Balaban J connectivity index is 1.60. The van der Waals surface area contributed by atoms with Gasteiger partial charge in [0, 0.05) is 62.6 Å². The third-order valence-corrected chi connectivity index (χ3v) is 4.46. The van der Waals surface area contributed by atoms with E-state index in [9.17, 15) is 4.79 Å². The standard InChI is InChI=1S/C20H24N6O/c1-16(26-13-11-21-15-26)20(27)24-14-17-6-5-10-23-19(17)25(2)12-8-18-7-3-4-9-22-18/h3-7,9-11,13,15-16H,8,12,14H2,1-2H3,(H,24,27)/t16-/m1/s1. The number of nitrogens with one attached hydrogen (secondary N) is 1. The maximum absolute atomic E-state index is 12.4. The summed E-state index contributed by atoms with van der Waals surface area (Å²) in [5, 5.41) is 2.99. The molecule has 0 aliphatic heterocycles. The van der Waals surface area contributed by atoms with Crippen LogP contribution in [0.1, 0.15) is 24.2 Å². The Morgan fingerprint density at radius 3 is 2.78 bits per heavy atom. The van der Waals surface area contributed by atoms with Crippen LogP contribution in [0.3, 0.4) is 0 Å². The summed E-state index contributed by atoms with van der Waals surface area (Å²) in [5.74, 6) is 0.808. The Labute approximate surface area is 159 Å². The van der Waals surface area contributed by atoms with Crippen LogP contribution in [0.5, 0.6) is 0 Å². The number of likely N-dealkylation sites (N-methyl/N-ethyl adjacent to an activating group) is 1. The first-order valence-corrected chi connectivity index (χ1v) is 8.95. The summed E-state index contributed by atoms with van der Waals surface area (Å²) in [7, 11) is 2.00. The molecule has 0 unspecified atom stereocenters. The minimum absolute atomic E-state index is 0.0565. The summed E-state index contributed by atoms with van der Waals surface area (Å²) >= 11 is 0. The normalized spacial score (nSPS) is 11.8. The quantitative estimate of drug-likeness (QED) is 0.663. The Morgan fingerprint density at radius 1 is 1.19 bits per heavy atom. The van der Waals surface area contributed by atoms with Crippen molar-refractivity contribution in [1.82, 2.24) is 24.8 Å². The molecular weight excluding hydrogens is 340 g/mol. The molecule has 3 rings (SSSR count). The number of amides is 1. The summed E-state index contributed by atoms with van der Waals surface area (Å²) in [6, 6.07) is 9.49. The maximum atomic E-state index is 12.4. The Kier molecular flexibility index (Phi) is 6.14. The Bertz CT molecular complexity index is 850. The van der Waals surface area contributed by atoms with Crippen molar-refractivity contribution in [3.05, 3.63) is 72.7 Å². The van der Waals surface area contributed by atoms with Gasteiger partial charge < -0.3 is 14.8 Å². The third kappa shape index (κ3) is 4.91. The fraction of sp³-hybridized carbons (Fsp3) is 0.300. The predicted octanol–water partition coefficient (Wildman–Crippen LogP) is 2.23. The second-order valence-electron chi connectivity index (χ2n) is 6.38. The molecule has 0 aromatic carbocycles. The molecule has 3 aromatic rings. The van der Waals surface area contributed by atoms with Gasteiger partial charge in [0.25, 0.3) is 0 Å². The molecule has 7 nitrogen and oxygen atoms in total. The van der Waals surface area contributed by atoms with E-state index in [-0.39, 0.29) is 11.9 Å². The number of nitrogens with zero attached hydrogens (tertiary/aromatic N) is 5. The average molecular weight is 364 g/mol. The lowest BCUT2D eigenvalue weighted by Crippen LogP contribution is -2.31. The zero-order chi connectivity index (χ0) is 19.1. The maximum Gasteiger partial charge on any atom is 0.243 e. The molecule has 0 aliphatic carbocycles. The van der Waals surface area contributed by atoms with Crippen molar-refractivity contribution in [2.24, 2.45) is 0 Å². The number of imidazole rings is 1. The van der Waals surface area contributed by atoms with Crippen molar-refractivity contribution in [2.75, 3.05) is 18.5 Å². The van der Waals surface area contributed by atoms with Crippen LogP contribution in [-0.2, 0) is 17.8 Å². The molecule has 3 heterocycles. The topological polar surface area (TPSA) is 75.9 Å². The molecule has 27 heavy (non-hydrogen) atoms. The van der Waals surface area contributed by atoms with E-state index >= 15 is 0 Å². The summed E-state index contributed by atoms with van der Waals surface area (Å²) in [6.07, 6.45) is 9.50. The molecule has 1 amide bonds.